The lowest BCUT2D eigenvalue weighted by Gasteiger charge is -2.28. The van der Waals surface area contributed by atoms with Crippen molar-refractivity contribution in [2.75, 3.05) is 4.90 Å². The van der Waals surface area contributed by atoms with Crippen molar-refractivity contribution in [3.05, 3.63) is 60.2 Å². The first kappa shape index (κ1) is 15.6. The zero-order valence-electron chi connectivity index (χ0n) is 13.0. The van der Waals surface area contributed by atoms with Crippen molar-refractivity contribution in [1.29, 1.82) is 0 Å². The molecule has 0 aliphatic carbocycles. The van der Waals surface area contributed by atoms with Gasteiger partial charge in [-0.1, -0.05) is 30.3 Å². The predicted molar refractivity (Wildman–Crippen MR) is 90.3 cm³/mol. The molecule has 1 fully saturated rings. The smallest absolute Gasteiger partial charge is 0.276 e. The Balaban J connectivity index is 1.90. The van der Waals surface area contributed by atoms with Gasteiger partial charge in [-0.3, -0.25) is 19.9 Å². The van der Waals surface area contributed by atoms with Crippen LogP contribution in [0, 0.1) is 12.8 Å². The Kier molecular flexibility index (Phi) is 4.20. The molecule has 0 unspecified atom stereocenters. The Hall–Kier alpha value is -3.28. The van der Waals surface area contributed by atoms with Gasteiger partial charge in [0, 0.05) is 6.21 Å². The quantitative estimate of drug-likeness (QED) is 0.697. The highest BCUT2D eigenvalue weighted by Crippen LogP contribution is 2.21. The second-order valence-electron chi connectivity index (χ2n) is 5.40. The molecule has 1 atom stereocenters. The molecule has 120 valence electrons. The molecule has 4 amide bonds. The second-order valence-corrected chi connectivity index (χ2v) is 5.40. The van der Waals surface area contributed by atoms with Crippen LogP contribution in [0.25, 0.3) is 0 Å². The van der Waals surface area contributed by atoms with Crippen molar-refractivity contribution < 1.29 is 14.4 Å². The first-order valence-corrected chi connectivity index (χ1v) is 7.41. The van der Waals surface area contributed by atoms with Gasteiger partial charge >= 0.3 is 6.03 Å². The van der Waals surface area contributed by atoms with Gasteiger partial charge in [0.05, 0.1) is 11.4 Å². The molecule has 1 N–H and O–H groups in total. The van der Waals surface area contributed by atoms with Gasteiger partial charge in [0.15, 0.2) is 5.92 Å². The summed E-state index contributed by atoms with van der Waals surface area (Å²) in [4.78, 5) is 41.8. The third kappa shape index (κ3) is 3.08. The number of carbonyl (C=O) groups is 3. The van der Waals surface area contributed by atoms with Crippen LogP contribution in [0.3, 0.4) is 0 Å². The molecule has 0 bridgehead atoms. The van der Waals surface area contributed by atoms with Crippen LogP contribution in [-0.2, 0) is 9.59 Å². The van der Waals surface area contributed by atoms with Crippen molar-refractivity contribution in [3.63, 3.8) is 0 Å². The monoisotopic (exact) mass is 321 g/mol. The summed E-state index contributed by atoms with van der Waals surface area (Å²) in [6.45, 7) is 1.86. The number of hydrogen-bond donors (Lipinski definition) is 1. The van der Waals surface area contributed by atoms with Gasteiger partial charge in [-0.05, 0) is 36.8 Å². The van der Waals surface area contributed by atoms with Crippen LogP contribution in [0.1, 0.15) is 5.56 Å². The molecule has 1 saturated heterocycles. The molecule has 0 spiro atoms. The Labute approximate surface area is 138 Å². The van der Waals surface area contributed by atoms with Gasteiger partial charge in [0.1, 0.15) is 0 Å². The lowest BCUT2D eigenvalue weighted by Crippen LogP contribution is -2.58. The highest BCUT2D eigenvalue weighted by molar-refractivity contribution is 6.32. The second kappa shape index (κ2) is 6.45. The van der Waals surface area contributed by atoms with E-state index in [4.69, 9.17) is 0 Å². The van der Waals surface area contributed by atoms with Gasteiger partial charge in [0.2, 0.25) is 5.91 Å². The minimum absolute atomic E-state index is 0.420. The van der Waals surface area contributed by atoms with E-state index >= 15 is 0 Å². The normalized spacial score (nSPS) is 18.1. The fourth-order valence-corrected chi connectivity index (χ4v) is 2.41. The summed E-state index contributed by atoms with van der Waals surface area (Å²) in [5.41, 5.74) is 1.94. The number of benzene rings is 2. The Morgan fingerprint density at radius 3 is 2.50 bits per heavy atom. The van der Waals surface area contributed by atoms with Crippen LogP contribution in [0.4, 0.5) is 16.2 Å². The zero-order chi connectivity index (χ0) is 17.1. The molecule has 0 saturated carbocycles. The van der Waals surface area contributed by atoms with E-state index in [0.717, 1.165) is 10.5 Å². The Bertz CT molecular complexity index is 830. The number of nitrogens with one attached hydrogen (secondary N) is 1. The molecule has 24 heavy (non-hydrogen) atoms. The lowest BCUT2D eigenvalue weighted by molar-refractivity contribution is -0.131. The number of aryl methyl sites for hydroxylation is 1. The number of para-hydroxylation sites is 1. The zero-order valence-corrected chi connectivity index (χ0v) is 13.0. The van der Waals surface area contributed by atoms with E-state index in [9.17, 15) is 14.4 Å². The highest BCUT2D eigenvalue weighted by Gasteiger charge is 2.40. The fourth-order valence-electron chi connectivity index (χ4n) is 2.41. The number of aliphatic imine (C=N–C) groups is 1. The lowest BCUT2D eigenvalue weighted by atomic mass is 10.1. The molecule has 1 aliphatic rings. The fraction of sp³-hybridized carbons (Fsp3) is 0.111. The van der Waals surface area contributed by atoms with Gasteiger partial charge in [0.25, 0.3) is 5.91 Å². The molecule has 2 aromatic carbocycles. The topological polar surface area (TPSA) is 78.8 Å². The number of amides is 4. The first-order valence-electron chi connectivity index (χ1n) is 7.41. The van der Waals surface area contributed by atoms with Crippen molar-refractivity contribution in [2.24, 2.45) is 10.9 Å². The van der Waals surface area contributed by atoms with Crippen LogP contribution < -0.4 is 10.2 Å². The highest BCUT2D eigenvalue weighted by atomic mass is 16.2. The number of carbonyl (C=O) groups excluding carboxylic acids is 3. The summed E-state index contributed by atoms with van der Waals surface area (Å²) in [5, 5.41) is 2.20. The molecule has 1 aliphatic heterocycles. The largest absolute Gasteiger partial charge is 0.335 e. The number of anilines is 1. The van der Waals surface area contributed by atoms with E-state index in [1.54, 1.807) is 42.5 Å². The van der Waals surface area contributed by atoms with Crippen LogP contribution >= 0.6 is 0 Å². The molecule has 6 nitrogen and oxygen atoms in total. The SMILES string of the molecule is Cc1cccc(N2C(=O)NC(=O)[C@@H](C=Nc3ccccc3)C2=O)c1. The first-order chi connectivity index (χ1) is 11.6. The summed E-state index contributed by atoms with van der Waals surface area (Å²) >= 11 is 0. The third-order valence-electron chi connectivity index (χ3n) is 3.59. The summed E-state index contributed by atoms with van der Waals surface area (Å²) in [7, 11) is 0. The van der Waals surface area contributed by atoms with Gasteiger partial charge in [-0.25, -0.2) is 9.69 Å². The minimum Gasteiger partial charge on any atom is -0.276 e. The van der Waals surface area contributed by atoms with Crippen LogP contribution in [-0.4, -0.2) is 24.1 Å². The standard InChI is InChI=1S/C18H15N3O3/c1-12-6-5-9-14(10-12)21-17(23)15(16(22)20-18(21)24)11-19-13-7-3-2-4-8-13/h2-11,15H,1H3,(H,20,22,24)/t15-/m1/s1. The summed E-state index contributed by atoms with van der Waals surface area (Å²) in [5.74, 6) is -2.44. The molecule has 3 rings (SSSR count). The Morgan fingerprint density at radius 1 is 1.04 bits per heavy atom. The van der Waals surface area contributed by atoms with Crippen molar-refractivity contribution >= 4 is 35.4 Å². The summed E-state index contributed by atoms with van der Waals surface area (Å²) < 4.78 is 0. The van der Waals surface area contributed by atoms with Crippen LogP contribution in [0.15, 0.2) is 59.6 Å². The average molecular weight is 321 g/mol. The van der Waals surface area contributed by atoms with Gasteiger partial charge in [-0.2, -0.15) is 0 Å². The predicted octanol–water partition coefficient (Wildman–Crippen LogP) is 2.60. The number of barbiturate groups is 1. The van der Waals surface area contributed by atoms with E-state index in [1.165, 1.54) is 6.21 Å². The molecule has 2 aromatic rings. The molecule has 1 heterocycles. The number of hydrogen-bond acceptors (Lipinski definition) is 4. The molecular formula is C18H15N3O3. The number of rotatable bonds is 3. The van der Waals surface area contributed by atoms with E-state index in [-0.39, 0.29) is 0 Å². The van der Waals surface area contributed by atoms with E-state index in [0.29, 0.717) is 11.4 Å². The molecular weight excluding hydrogens is 306 g/mol. The Morgan fingerprint density at radius 2 is 1.79 bits per heavy atom. The third-order valence-corrected chi connectivity index (χ3v) is 3.59. The van der Waals surface area contributed by atoms with Crippen molar-refractivity contribution in [3.8, 4) is 0 Å². The van der Waals surface area contributed by atoms with E-state index in [2.05, 4.69) is 10.3 Å². The van der Waals surface area contributed by atoms with Crippen molar-refractivity contribution in [2.45, 2.75) is 6.92 Å². The maximum absolute atomic E-state index is 12.6. The molecule has 0 aromatic heterocycles. The number of urea groups is 1. The number of imide groups is 2. The van der Waals surface area contributed by atoms with E-state index in [1.807, 2.05) is 19.1 Å². The summed E-state index contributed by atoms with van der Waals surface area (Å²) in [6, 6.07) is 15.2. The molecule has 6 heteroatoms. The molecule has 0 radical (unpaired) electrons. The van der Waals surface area contributed by atoms with E-state index < -0.39 is 23.8 Å². The maximum Gasteiger partial charge on any atom is 0.335 e. The van der Waals surface area contributed by atoms with Crippen LogP contribution in [0.5, 0.6) is 0 Å². The van der Waals surface area contributed by atoms with Crippen LogP contribution in [0.2, 0.25) is 0 Å². The van der Waals surface area contributed by atoms with Gasteiger partial charge in [-0.15, -0.1) is 0 Å². The van der Waals surface area contributed by atoms with Gasteiger partial charge < -0.3 is 0 Å². The maximum atomic E-state index is 12.6. The van der Waals surface area contributed by atoms with Crippen molar-refractivity contribution in [1.82, 2.24) is 5.32 Å². The summed E-state index contributed by atoms with van der Waals surface area (Å²) in [6.07, 6.45) is 1.27. The average Bonchev–Trinajstić information content (AvgIpc) is 2.55. The number of nitrogens with zero attached hydrogens (tertiary/aromatic N) is 2. The minimum atomic E-state index is -1.15.